The van der Waals surface area contributed by atoms with Crippen molar-refractivity contribution in [1.29, 1.82) is 0 Å². The van der Waals surface area contributed by atoms with Crippen molar-refractivity contribution in [1.82, 2.24) is 5.32 Å². The molecule has 1 saturated heterocycles. The maximum absolute atomic E-state index is 6.06. The van der Waals surface area contributed by atoms with E-state index in [9.17, 15) is 0 Å². The summed E-state index contributed by atoms with van der Waals surface area (Å²) in [5, 5.41) is 4.36. The van der Waals surface area contributed by atoms with E-state index >= 15 is 0 Å². The highest BCUT2D eigenvalue weighted by atomic mass is 35.5. The summed E-state index contributed by atoms with van der Waals surface area (Å²) in [4.78, 5) is 0. The molecule has 1 heterocycles. The fraction of sp³-hybridized carbons (Fsp3) is 0.455. The Bertz CT molecular complexity index is 303. The SMILES string of the molecule is Cc1c(Cl)cccc1[C@H]1CCCN1. The van der Waals surface area contributed by atoms with Gasteiger partial charge in [0.05, 0.1) is 0 Å². The Labute approximate surface area is 84.1 Å². The van der Waals surface area contributed by atoms with Gasteiger partial charge >= 0.3 is 0 Å². The van der Waals surface area contributed by atoms with Crippen LogP contribution in [0.15, 0.2) is 18.2 Å². The van der Waals surface area contributed by atoms with Crippen molar-refractivity contribution in [3.05, 3.63) is 34.3 Å². The number of hydrogen-bond donors (Lipinski definition) is 1. The van der Waals surface area contributed by atoms with E-state index in [-0.39, 0.29) is 0 Å². The van der Waals surface area contributed by atoms with E-state index in [0.717, 1.165) is 11.6 Å². The van der Waals surface area contributed by atoms with Crippen LogP contribution in [0.25, 0.3) is 0 Å². The molecule has 0 radical (unpaired) electrons. The molecule has 0 amide bonds. The molecule has 0 saturated carbocycles. The normalized spacial score (nSPS) is 22.2. The lowest BCUT2D eigenvalue weighted by Crippen LogP contribution is -2.13. The third kappa shape index (κ3) is 1.72. The fourth-order valence-corrected chi connectivity index (χ4v) is 2.13. The summed E-state index contributed by atoms with van der Waals surface area (Å²) < 4.78 is 0. The van der Waals surface area contributed by atoms with Gasteiger partial charge in [0.2, 0.25) is 0 Å². The highest BCUT2D eigenvalue weighted by Gasteiger charge is 2.18. The topological polar surface area (TPSA) is 12.0 Å². The van der Waals surface area contributed by atoms with Gasteiger partial charge in [-0.3, -0.25) is 0 Å². The largest absolute Gasteiger partial charge is 0.310 e. The number of nitrogens with one attached hydrogen (secondary N) is 1. The van der Waals surface area contributed by atoms with E-state index in [1.807, 2.05) is 12.1 Å². The minimum atomic E-state index is 0.527. The average molecular weight is 196 g/mol. The first-order valence-electron chi connectivity index (χ1n) is 4.77. The Balaban J connectivity index is 2.33. The van der Waals surface area contributed by atoms with E-state index in [2.05, 4.69) is 18.3 Å². The van der Waals surface area contributed by atoms with Gasteiger partial charge in [-0.05, 0) is 43.5 Å². The van der Waals surface area contributed by atoms with Gasteiger partial charge in [-0.15, -0.1) is 0 Å². The molecule has 70 valence electrons. The number of rotatable bonds is 1. The molecule has 2 heteroatoms. The predicted molar refractivity (Wildman–Crippen MR) is 56.2 cm³/mol. The second kappa shape index (κ2) is 3.69. The van der Waals surface area contributed by atoms with Gasteiger partial charge in [-0.25, -0.2) is 0 Å². The zero-order valence-corrected chi connectivity index (χ0v) is 8.56. The van der Waals surface area contributed by atoms with Crippen molar-refractivity contribution in [3.8, 4) is 0 Å². The van der Waals surface area contributed by atoms with E-state index in [0.29, 0.717) is 6.04 Å². The Kier molecular flexibility index (Phi) is 2.56. The van der Waals surface area contributed by atoms with Crippen LogP contribution in [0.2, 0.25) is 5.02 Å². The van der Waals surface area contributed by atoms with Gasteiger partial charge in [0.15, 0.2) is 0 Å². The molecule has 1 aliphatic heterocycles. The quantitative estimate of drug-likeness (QED) is 0.727. The van der Waals surface area contributed by atoms with Gasteiger partial charge in [0.1, 0.15) is 0 Å². The van der Waals surface area contributed by atoms with Crippen LogP contribution in [0.3, 0.4) is 0 Å². The lowest BCUT2D eigenvalue weighted by atomic mass is 10.0. The molecule has 2 rings (SSSR count). The summed E-state index contributed by atoms with van der Waals surface area (Å²) in [6.45, 7) is 3.23. The molecule has 1 atom stereocenters. The first kappa shape index (κ1) is 9.04. The third-order valence-corrected chi connectivity index (χ3v) is 3.15. The van der Waals surface area contributed by atoms with Gasteiger partial charge in [0.25, 0.3) is 0 Å². The Hall–Kier alpha value is -0.530. The highest BCUT2D eigenvalue weighted by molar-refractivity contribution is 6.31. The Morgan fingerprint density at radius 2 is 2.31 bits per heavy atom. The molecule has 0 bridgehead atoms. The monoisotopic (exact) mass is 195 g/mol. The van der Waals surface area contributed by atoms with Crippen molar-refractivity contribution in [3.63, 3.8) is 0 Å². The van der Waals surface area contributed by atoms with E-state index in [1.165, 1.54) is 24.0 Å². The summed E-state index contributed by atoms with van der Waals surface area (Å²) in [5.41, 5.74) is 2.59. The molecule has 1 fully saturated rings. The molecule has 1 aromatic carbocycles. The van der Waals surface area contributed by atoms with Crippen LogP contribution in [0, 0.1) is 6.92 Å². The molecule has 0 unspecified atom stereocenters. The summed E-state index contributed by atoms with van der Waals surface area (Å²) in [5.74, 6) is 0. The lowest BCUT2D eigenvalue weighted by molar-refractivity contribution is 0.644. The maximum atomic E-state index is 6.06. The molecule has 1 aromatic rings. The summed E-state index contributed by atoms with van der Waals surface area (Å²) >= 11 is 6.06. The number of halogens is 1. The van der Waals surface area contributed by atoms with Crippen LogP contribution in [-0.4, -0.2) is 6.54 Å². The number of benzene rings is 1. The second-order valence-corrected chi connectivity index (χ2v) is 4.01. The molecular weight excluding hydrogens is 182 g/mol. The second-order valence-electron chi connectivity index (χ2n) is 3.60. The maximum Gasteiger partial charge on any atom is 0.0438 e. The van der Waals surface area contributed by atoms with Crippen LogP contribution in [0.4, 0.5) is 0 Å². The molecular formula is C11H14ClN. The minimum absolute atomic E-state index is 0.527. The van der Waals surface area contributed by atoms with Gasteiger partial charge in [0, 0.05) is 11.1 Å². The highest BCUT2D eigenvalue weighted by Crippen LogP contribution is 2.29. The lowest BCUT2D eigenvalue weighted by Gasteiger charge is -2.14. The minimum Gasteiger partial charge on any atom is -0.310 e. The van der Waals surface area contributed by atoms with Gasteiger partial charge in [-0.1, -0.05) is 23.7 Å². The van der Waals surface area contributed by atoms with Crippen molar-refractivity contribution in [2.45, 2.75) is 25.8 Å². The van der Waals surface area contributed by atoms with Crippen LogP contribution in [-0.2, 0) is 0 Å². The van der Waals surface area contributed by atoms with Crippen LogP contribution in [0.5, 0.6) is 0 Å². The first-order valence-corrected chi connectivity index (χ1v) is 5.15. The molecule has 1 nitrogen and oxygen atoms in total. The molecule has 13 heavy (non-hydrogen) atoms. The smallest absolute Gasteiger partial charge is 0.0438 e. The predicted octanol–water partition coefficient (Wildman–Crippen LogP) is 3.07. The Morgan fingerprint density at radius 1 is 1.46 bits per heavy atom. The average Bonchev–Trinajstić information content (AvgIpc) is 2.62. The fourth-order valence-electron chi connectivity index (χ4n) is 1.95. The molecule has 1 N–H and O–H groups in total. The van der Waals surface area contributed by atoms with Crippen LogP contribution in [0.1, 0.15) is 30.0 Å². The summed E-state index contributed by atoms with van der Waals surface area (Å²) in [6.07, 6.45) is 2.51. The van der Waals surface area contributed by atoms with Gasteiger partial charge < -0.3 is 5.32 Å². The van der Waals surface area contributed by atoms with Crippen molar-refractivity contribution in [2.24, 2.45) is 0 Å². The van der Waals surface area contributed by atoms with Crippen molar-refractivity contribution in [2.75, 3.05) is 6.54 Å². The first-order chi connectivity index (χ1) is 6.29. The van der Waals surface area contributed by atoms with E-state index in [1.54, 1.807) is 0 Å². The van der Waals surface area contributed by atoms with Crippen LogP contribution >= 0.6 is 11.6 Å². The number of hydrogen-bond acceptors (Lipinski definition) is 1. The van der Waals surface area contributed by atoms with E-state index in [4.69, 9.17) is 11.6 Å². The van der Waals surface area contributed by atoms with Crippen LogP contribution < -0.4 is 5.32 Å². The van der Waals surface area contributed by atoms with E-state index < -0.39 is 0 Å². The van der Waals surface area contributed by atoms with Crippen molar-refractivity contribution >= 4 is 11.6 Å². The van der Waals surface area contributed by atoms with Gasteiger partial charge in [-0.2, -0.15) is 0 Å². The Morgan fingerprint density at radius 3 is 3.00 bits per heavy atom. The summed E-state index contributed by atoms with van der Waals surface area (Å²) in [6, 6.07) is 6.68. The molecule has 0 aromatic heterocycles. The third-order valence-electron chi connectivity index (χ3n) is 2.75. The molecule has 0 spiro atoms. The molecule has 0 aliphatic carbocycles. The zero-order valence-electron chi connectivity index (χ0n) is 7.81. The van der Waals surface area contributed by atoms with Crippen molar-refractivity contribution < 1.29 is 0 Å². The zero-order chi connectivity index (χ0) is 9.26. The molecule has 1 aliphatic rings. The summed E-state index contributed by atoms with van der Waals surface area (Å²) in [7, 11) is 0. The standard InChI is InChI=1S/C11H14ClN/c1-8-9(4-2-5-10(8)12)11-6-3-7-13-11/h2,4-5,11,13H,3,6-7H2,1H3/t11-/m1/s1.